The molecule has 0 unspecified atom stereocenters. The summed E-state index contributed by atoms with van der Waals surface area (Å²) in [5.41, 5.74) is 0.622. The van der Waals surface area contributed by atoms with E-state index < -0.39 is 10.0 Å². The van der Waals surface area contributed by atoms with Gasteiger partial charge in [-0.05, 0) is 12.1 Å². The number of nitrogens with zero attached hydrogens (tertiary/aromatic N) is 5. The summed E-state index contributed by atoms with van der Waals surface area (Å²) in [7, 11) is -0.0135. The van der Waals surface area contributed by atoms with Crippen LogP contribution in [0.5, 0.6) is 0 Å². The summed E-state index contributed by atoms with van der Waals surface area (Å²) in [5, 5.41) is 3.99. The van der Waals surface area contributed by atoms with Gasteiger partial charge in [0.2, 0.25) is 0 Å². The van der Waals surface area contributed by atoms with Crippen molar-refractivity contribution in [2.45, 2.75) is 11.4 Å². The van der Waals surface area contributed by atoms with Gasteiger partial charge < -0.3 is 4.90 Å². The third-order valence-electron chi connectivity index (χ3n) is 3.16. The molecule has 1 aromatic carbocycles. The number of sulfonamides is 1. The lowest BCUT2D eigenvalue weighted by Crippen LogP contribution is -2.27. The molecule has 0 saturated heterocycles. The van der Waals surface area contributed by atoms with Crippen molar-refractivity contribution in [1.82, 2.24) is 19.7 Å². The van der Waals surface area contributed by atoms with Crippen molar-refractivity contribution in [1.29, 1.82) is 0 Å². The van der Waals surface area contributed by atoms with Crippen LogP contribution in [0.4, 0.5) is 0 Å². The Morgan fingerprint density at radius 1 is 1.30 bits per heavy atom. The van der Waals surface area contributed by atoms with Crippen molar-refractivity contribution in [3.8, 4) is 0 Å². The van der Waals surface area contributed by atoms with E-state index in [9.17, 15) is 8.42 Å². The highest BCUT2D eigenvalue weighted by molar-refractivity contribution is 7.90. The van der Waals surface area contributed by atoms with Crippen molar-refractivity contribution in [2.75, 3.05) is 7.05 Å². The number of fused-ring (bicyclic) bond motifs is 1. The number of benzene rings is 1. The molecular formula is C12H13N5O2S. The number of aromatic nitrogens is 3. The molecule has 0 atom stereocenters. The van der Waals surface area contributed by atoms with Crippen molar-refractivity contribution < 1.29 is 8.42 Å². The highest BCUT2D eigenvalue weighted by Crippen LogP contribution is 2.27. The van der Waals surface area contributed by atoms with Crippen LogP contribution >= 0.6 is 0 Å². The Morgan fingerprint density at radius 3 is 2.75 bits per heavy atom. The minimum atomic E-state index is -3.59. The maximum absolute atomic E-state index is 12.0. The molecule has 0 radical (unpaired) electrons. The Balaban J connectivity index is 1.97. The number of aryl methyl sites for hydroxylation is 1. The van der Waals surface area contributed by atoms with Crippen molar-refractivity contribution in [2.24, 2.45) is 11.4 Å². The smallest absolute Gasteiger partial charge is 0.285 e. The summed E-state index contributed by atoms with van der Waals surface area (Å²) in [6.45, 7) is 0.430. The lowest BCUT2D eigenvalue weighted by Gasteiger charge is -2.18. The highest BCUT2D eigenvalue weighted by atomic mass is 32.2. The molecule has 2 heterocycles. The molecule has 0 saturated carbocycles. The minimum absolute atomic E-state index is 0.250. The van der Waals surface area contributed by atoms with Gasteiger partial charge in [-0.2, -0.15) is 13.5 Å². The third kappa shape index (κ3) is 1.97. The first-order chi connectivity index (χ1) is 9.49. The molecule has 1 aliphatic rings. The van der Waals surface area contributed by atoms with E-state index >= 15 is 0 Å². The zero-order chi connectivity index (χ0) is 14.3. The van der Waals surface area contributed by atoms with Crippen molar-refractivity contribution in [3.05, 3.63) is 42.0 Å². The molecule has 2 aromatic rings. The third-order valence-corrected chi connectivity index (χ3v) is 4.48. The maximum atomic E-state index is 12.0. The Bertz CT molecular complexity index is 794. The second-order valence-corrected chi connectivity index (χ2v) is 6.11. The van der Waals surface area contributed by atoms with Gasteiger partial charge in [0.15, 0.2) is 5.84 Å². The Hall–Kier alpha value is -2.22. The van der Waals surface area contributed by atoms with Crippen LogP contribution in [0.2, 0.25) is 0 Å². The second-order valence-electron chi connectivity index (χ2n) is 4.54. The number of amidine groups is 1. The van der Waals surface area contributed by atoms with Gasteiger partial charge in [-0.25, -0.2) is 4.98 Å². The molecule has 1 aromatic heterocycles. The van der Waals surface area contributed by atoms with E-state index in [1.54, 1.807) is 47.9 Å². The average Bonchev–Trinajstić information content (AvgIpc) is 2.93. The lowest BCUT2D eigenvalue weighted by molar-refractivity contribution is 0.469. The van der Waals surface area contributed by atoms with Gasteiger partial charge in [-0.15, -0.1) is 4.40 Å². The Kier molecular flexibility index (Phi) is 2.82. The molecule has 0 amide bonds. The summed E-state index contributed by atoms with van der Waals surface area (Å²) >= 11 is 0. The van der Waals surface area contributed by atoms with Gasteiger partial charge in [0.05, 0.1) is 6.54 Å². The van der Waals surface area contributed by atoms with Gasteiger partial charge in [0.1, 0.15) is 17.0 Å². The molecule has 104 valence electrons. The van der Waals surface area contributed by atoms with Crippen LogP contribution in [0.15, 0.2) is 39.9 Å². The molecule has 20 heavy (non-hydrogen) atoms. The summed E-state index contributed by atoms with van der Waals surface area (Å²) in [5.74, 6) is 1.17. The van der Waals surface area contributed by atoms with Gasteiger partial charge in [0, 0.05) is 19.7 Å². The zero-order valence-electron chi connectivity index (χ0n) is 11.1. The maximum Gasteiger partial charge on any atom is 0.285 e. The summed E-state index contributed by atoms with van der Waals surface area (Å²) in [4.78, 5) is 6.13. The normalized spacial score (nSPS) is 15.8. The van der Waals surface area contributed by atoms with Crippen LogP contribution in [0.3, 0.4) is 0 Å². The van der Waals surface area contributed by atoms with Crippen molar-refractivity contribution >= 4 is 15.9 Å². The molecule has 0 spiro atoms. The number of rotatable bonds is 2. The van der Waals surface area contributed by atoms with E-state index in [1.807, 2.05) is 0 Å². The van der Waals surface area contributed by atoms with Crippen LogP contribution in [-0.2, 0) is 23.6 Å². The molecule has 7 nitrogen and oxygen atoms in total. The standard InChI is InChI=1S/C12H13N5O2S/c1-16(7-11-13-8-14-17(11)2)12-9-5-3-4-6-10(9)20(18,19)15-12/h3-6,8H,7H2,1-2H3. The van der Waals surface area contributed by atoms with E-state index in [0.717, 1.165) is 5.82 Å². The molecule has 0 bridgehead atoms. The first-order valence-corrected chi connectivity index (χ1v) is 7.41. The summed E-state index contributed by atoms with van der Waals surface area (Å²) in [6.07, 6.45) is 1.46. The minimum Gasteiger partial charge on any atom is -0.351 e. The van der Waals surface area contributed by atoms with E-state index in [1.165, 1.54) is 6.33 Å². The van der Waals surface area contributed by atoms with Crippen LogP contribution in [0, 0.1) is 0 Å². The topological polar surface area (TPSA) is 80.5 Å². The largest absolute Gasteiger partial charge is 0.351 e. The summed E-state index contributed by atoms with van der Waals surface area (Å²) in [6, 6.07) is 6.81. The summed E-state index contributed by atoms with van der Waals surface area (Å²) < 4.78 is 29.5. The van der Waals surface area contributed by atoms with Gasteiger partial charge >= 0.3 is 0 Å². The SMILES string of the molecule is CN(Cc1ncnn1C)C1=NS(=O)(=O)c2ccccc21. The van der Waals surface area contributed by atoms with E-state index in [-0.39, 0.29) is 4.90 Å². The fraction of sp³-hybridized carbons (Fsp3) is 0.250. The number of hydrogen-bond acceptors (Lipinski definition) is 5. The average molecular weight is 291 g/mol. The Labute approximate surface area is 116 Å². The lowest BCUT2D eigenvalue weighted by atomic mass is 10.2. The zero-order valence-corrected chi connectivity index (χ0v) is 11.9. The molecule has 3 rings (SSSR count). The molecule has 8 heteroatoms. The second kappa shape index (κ2) is 4.41. The van der Waals surface area contributed by atoms with Gasteiger partial charge in [0.25, 0.3) is 10.0 Å². The first kappa shape index (κ1) is 12.8. The van der Waals surface area contributed by atoms with Gasteiger partial charge in [-0.3, -0.25) is 4.68 Å². The molecule has 0 fully saturated rings. The highest BCUT2D eigenvalue weighted by Gasteiger charge is 2.30. The van der Waals surface area contributed by atoms with Gasteiger partial charge in [-0.1, -0.05) is 12.1 Å². The number of hydrogen-bond donors (Lipinski definition) is 0. The molecule has 0 N–H and O–H groups in total. The first-order valence-electron chi connectivity index (χ1n) is 5.97. The fourth-order valence-electron chi connectivity index (χ4n) is 2.11. The fourth-order valence-corrected chi connectivity index (χ4v) is 3.37. The van der Waals surface area contributed by atoms with Crippen LogP contribution in [-0.4, -0.2) is 41.0 Å². The molecular weight excluding hydrogens is 278 g/mol. The van der Waals surface area contributed by atoms with Crippen LogP contribution in [0.25, 0.3) is 0 Å². The van der Waals surface area contributed by atoms with Crippen LogP contribution in [0.1, 0.15) is 11.4 Å². The predicted molar refractivity (Wildman–Crippen MR) is 72.6 cm³/mol. The van der Waals surface area contributed by atoms with Crippen molar-refractivity contribution in [3.63, 3.8) is 0 Å². The van der Waals surface area contributed by atoms with Crippen LogP contribution < -0.4 is 0 Å². The molecule has 1 aliphatic heterocycles. The van der Waals surface area contributed by atoms with E-state index in [2.05, 4.69) is 14.5 Å². The van der Waals surface area contributed by atoms with E-state index in [0.29, 0.717) is 17.9 Å². The quantitative estimate of drug-likeness (QED) is 0.800. The predicted octanol–water partition coefficient (Wildman–Crippen LogP) is 0.396. The molecule has 0 aliphatic carbocycles. The Morgan fingerprint density at radius 2 is 2.05 bits per heavy atom. The van der Waals surface area contributed by atoms with E-state index in [4.69, 9.17) is 0 Å². The monoisotopic (exact) mass is 291 g/mol.